The highest BCUT2D eigenvalue weighted by Gasteiger charge is 2.18. The average molecular weight is 323 g/mol. The normalized spacial score (nSPS) is 12.1. The van der Waals surface area contributed by atoms with Gasteiger partial charge in [0.2, 0.25) is 0 Å². The molecule has 0 bridgehead atoms. The molecule has 0 aliphatic heterocycles. The van der Waals surface area contributed by atoms with Gasteiger partial charge in [-0.1, -0.05) is 12.1 Å². The molecule has 1 aromatic heterocycles. The lowest BCUT2D eigenvalue weighted by Crippen LogP contribution is -2.28. The Balaban J connectivity index is 1.83. The van der Waals surface area contributed by atoms with Crippen LogP contribution in [-0.2, 0) is 6.54 Å². The zero-order valence-corrected chi connectivity index (χ0v) is 14.1. The number of hydrogen-bond donors (Lipinski definition) is 1. The number of amides is 1. The Labute approximate surface area is 141 Å². The second-order valence-electron chi connectivity index (χ2n) is 5.63. The van der Waals surface area contributed by atoms with Crippen molar-refractivity contribution in [3.05, 3.63) is 59.9 Å². The zero-order valence-electron chi connectivity index (χ0n) is 14.1. The molecule has 0 saturated carbocycles. The van der Waals surface area contributed by atoms with Crippen LogP contribution in [0.2, 0.25) is 0 Å². The van der Waals surface area contributed by atoms with Crippen LogP contribution in [-0.4, -0.2) is 22.6 Å². The molecule has 1 amide bonds. The van der Waals surface area contributed by atoms with Crippen LogP contribution in [0.25, 0.3) is 11.0 Å². The third-order valence-electron chi connectivity index (χ3n) is 4.09. The molecular weight excluding hydrogens is 302 g/mol. The fraction of sp³-hybridized carbons (Fsp3) is 0.263. The van der Waals surface area contributed by atoms with Crippen molar-refractivity contribution in [3.8, 4) is 5.75 Å². The Kier molecular flexibility index (Phi) is 4.51. The van der Waals surface area contributed by atoms with Crippen molar-refractivity contribution in [2.75, 3.05) is 7.11 Å². The van der Waals surface area contributed by atoms with Gasteiger partial charge in [-0.2, -0.15) is 0 Å². The SMILES string of the molecule is CCn1c(C(C)NC(=O)c2ccc(OC)cc2)nc2ccccc21. The highest BCUT2D eigenvalue weighted by Crippen LogP contribution is 2.21. The number of ether oxygens (including phenoxy) is 1. The number of para-hydroxylation sites is 2. The fourth-order valence-electron chi connectivity index (χ4n) is 2.84. The number of methoxy groups -OCH3 is 1. The fourth-order valence-corrected chi connectivity index (χ4v) is 2.84. The Bertz CT molecular complexity index is 853. The van der Waals surface area contributed by atoms with Crippen molar-refractivity contribution in [3.63, 3.8) is 0 Å². The Morgan fingerprint density at radius 3 is 2.58 bits per heavy atom. The largest absolute Gasteiger partial charge is 0.497 e. The molecule has 1 heterocycles. The molecule has 124 valence electrons. The van der Waals surface area contributed by atoms with Gasteiger partial charge in [0, 0.05) is 12.1 Å². The summed E-state index contributed by atoms with van der Waals surface area (Å²) in [6.07, 6.45) is 0. The summed E-state index contributed by atoms with van der Waals surface area (Å²) in [5.41, 5.74) is 2.63. The lowest BCUT2D eigenvalue weighted by atomic mass is 10.2. The number of hydrogen-bond acceptors (Lipinski definition) is 3. The summed E-state index contributed by atoms with van der Waals surface area (Å²) in [5.74, 6) is 1.47. The van der Waals surface area contributed by atoms with E-state index in [1.54, 1.807) is 31.4 Å². The highest BCUT2D eigenvalue weighted by atomic mass is 16.5. The quantitative estimate of drug-likeness (QED) is 0.781. The van der Waals surface area contributed by atoms with Crippen LogP contribution in [0, 0.1) is 0 Å². The molecule has 0 fully saturated rings. The van der Waals surface area contributed by atoms with Crippen molar-refractivity contribution < 1.29 is 9.53 Å². The van der Waals surface area contributed by atoms with Gasteiger partial charge < -0.3 is 14.6 Å². The van der Waals surface area contributed by atoms with Gasteiger partial charge in [-0.05, 0) is 50.2 Å². The van der Waals surface area contributed by atoms with Crippen LogP contribution in [0.5, 0.6) is 5.75 Å². The predicted molar refractivity (Wildman–Crippen MR) is 94.3 cm³/mol. The molecule has 24 heavy (non-hydrogen) atoms. The summed E-state index contributed by atoms with van der Waals surface area (Å²) in [4.78, 5) is 17.1. The second-order valence-corrected chi connectivity index (χ2v) is 5.63. The average Bonchev–Trinajstić information content (AvgIpc) is 3.00. The van der Waals surface area contributed by atoms with E-state index in [4.69, 9.17) is 4.74 Å². The molecule has 3 aromatic rings. The monoisotopic (exact) mass is 323 g/mol. The zero-order chi connectivity index (χ0) is 17.1. The number of nitrogens with one attached hydrogen (secondary N) is 1. The first-order chi connectivity index (χ1) is 11.6. The van der Waals surface area contributed by atoms with Crippen LogP contribution < -0.4 is 10.1 Å². The number of rotatable bonds is 5. The minimum atomic E-state index is -0.188. The number of carbonyl (C=O) groups is 1. The van der Waals surface area contributed by atoms with Gasteiger partial charge in [-0.25, -0.2) is 4.98 Å². The van der Waals surface area contributed by atoms with Crippen molar-refractivity contribution in [1.29, 1.82) is 0 Å². The molecule has 0 saturated heterocycles. The molecule has 0 aliphatic rings. The topological polar surface area (TPSA) is 56.2 Å². The number of aryl methyl sites for hydroxylation is 1. The summed E-state index contributed by atoms with van der Waals surface area (Å²) in [7, 11) is 1.60. The van der Waals surface area contributed by atoms with E-state index in [9.17, 15) is 4.79 Å². The Morgan fingerprint density at radius 2 is 1.92 bits per heavy atom. The molecule has 3 rings (SSSR count). The molecule has 1 atom stereocenters. The van der Waals surface area contributed by atoms with E-state index in [1.165, 1.54) is 0 Å². The van der Waals surface area contributed by atoms with Crippen molar-refractivity contribution in [1.82, 2.24) is 14.9 Å². The molecule has 1 unspecified atom stereocenters. The maximum atomic E-state index is 12.5. The highest BCUT2D eigenvalue weighted by molar-refractivity contribution is 5.94. The number of carbonyl (C=O) groups excluding carboxylic acids is 1. The second kappa shape index (κ2) is 6.74. The van der Waals surface area contributed by atoms with Gasteiger partial charge in [0.15, 0.2) is 0 Å². The lowest BCUT2D eigenvalue weighted by Gasteiger charge is -2.15. The van der Waals surface area contributed by atoms with Gasteiger partial charge in [-0.15, -0.1) is 0 Å². The van der Waals surface area contributed by atoms with E-state index in [1.807, 2.05) is 31.2 Å². The standard InChI is InChI=1S/C19H21N3O2/c1-4-22-17-8-6-5-7-16(17)21-18(22)13(2)20-19(23)14-9-11-15(24-3)12-10-14/h5-13H,4H2,1-3H3,(H,20,23). The molecule has 1 N–H and O–H groups in total. The summed E-state index contributed by atoms with van der Waals surface area (Å²) in [6, 6.07) is 14.9. The van der Waals surface area contributed by atoms with E-state index in [0.29, 0.717) is 5.56 Å². The lowest BCUT2D eigenvalue weighted by molar-refractivity contribution is 0.0937. The minimum Gasteiger partial charge on any atom is -0.497 e. The van der Waals surface area contributed by atoms with Crippen LogP contribution in [0.15, 0.2) is 48.5 Å². The molecule has 5 nitrogen and oxygen atoms in total. The minimum absolute atomic E-state index is 0.125. The summed E-state index contributed by atoms with van der Waals surface area (Å²) < 4.78 is 7.25. The van der Waals surface area contributed by atoms with Crippen LogP contribution in [0.1, 0.15) is 36.1 Å². The third-order valence-corrected chi connectivity index (χ3v) is 4.09. The maximum absolute atomic E-state index is 12.5. The van der Waals surface area contributed by atoms with Crippen molar-refractivity contribution >= 4 is 16.9 Å². The molecule has 0 aliphatic carbocycles. The van der Waals surface area contributed by atoms with E-state index in [2.05, 4.69) is 21.8 Å². The molecule has 0 radical (unpaired) electrons. The number of benzene rings is 2. The molecule has 0 spiro atoms. The summed E-state index contributed by atoms with van der Waals surface area (Å²) >= 11 is 0. The Morgan fingerprint density at radius 1 is 1.21 bits per heavy atom. The van der Waals surface area contributed by atoms with Gasteiger partial charge >= 0.3 is 0 Å². The molecule has 2 aromatic carbocycles. The van der Waals surface area contributed by atoms with Gasteiger partial charge in [0.25, 0.3) is 5.91 Å². The summed E-state index contributed by atoms with van der Waals surface area (Å²) in [5, 5.41) is 3.02. The molecular formula is C19H21N3O2. The first-order valence-electron chi connectivity index (χ1n) is 8.04. The van der Waals surface area contributed by atoms with E-state index < -0.39 is 0 Å². The van der Waals surface area contributed by atoms with Gasteiger partial charge in [0.05, 0.1) is 24.2 Å². The number of aromatic nitrogens is 2. The number of fused-ring (bicyclic) bond motifs is 1. The maximum Gasteiger partial charge on any atom is 0.251 e. The third kappa shape index (κ3) is 2.97. The predicted octanol–water partition coefficient (Wildman–Crippen LogP) is 3.56. The van der Waals surface area contributed by atoms with Gasteiger partial charge in [0.1, 0.15) is 11.6 Å². The van der Waals surface area contributed by atoms with Crippen molar-refractivity contribution in [2.24, 2.45) is 0 Å². The van der Waals surface area contributed by atoms with Crippen LogP contribution >= 0.6 is 0 Å². The van der Waals surface area contributed by atoms with E-state index in [-0.39, 0.29) is 11.9 Å². The molecule has 5 heteroatoms. The Hall–Kier alpha value is -2.82. The number of imidazole rings is 1. The first kappa shape index (κ1) is 16.1. The number of nitrogens with zero attached hydrogens (tertiary/aromatic N) is 2. The smallest absolute Gasteiger partial charge is 0.251 e. The van der Waals surface area contributed by atoms with Gasteiger partial charge in [-0.3, -0.25) is 4.79 Å². The van der Waals surface area contributed by atoms with E-state index >= 15 is 0 Å². The van der Waals surface area contributed by atoms with Crippen LogP contribution in [0.3, 0.4) is 0 Å². The van der Waals surface area contributed by atoms with E-state index in [0.717, 1.165) is 29.2 Å². The summed E-state index contributed by atoms with van der Waals surface area (Å²) in [6.45, 7) is 4.84. The van der Waals surface area contributed by atoms with Crippen LogP contribution in [0.4, 0.5) is 0 Å². The first-order valence-corrected chi connectivity index (χ1v) is 8.04. The van der Waals surface area contributed by atoms with Crippen molar-refractivity contribution in [2.45, 2.75) is 26.4 Å².